The zero-order valence-corrected chi connectivity index (χ0v) is 12.5. The molecule has 0 amide bonds. The SMILES string of the molecule is CC(Nc1c(Cl)ccc2nsnc12)c1ccc(O)cc1F. The predicted octanol–water partition coefficient (Wildman–Crippen LogP) is 4.36. The monoisotopic (exact) mass is 323 g/mol. The summed E-state index contributed by atoms with van der Waals surface area (Å²) in [6, 6.07) is 7.25. The van der Waals surface area contributed by atoms with Crippen molar-refractivity contribution in [1.82, 2.24) is 8.75 Å². The van der Waals surface area contributed by atoms with Crippen molar-refractivity contribution in [2.75, 3.05) is 5.32 Å². The first-order valence-electron chi connectivity index (χ1n) is 6.22. The molecule has 1 aromatic heterocycles. The van der Waals surface area contributed by atoms with Crippen LogP contribution < -0.4 is 5.32 Å². The fraction of sp³-hybridized carbons (Fsp3) is 0.143. The van der Waals surface area contributed by atoms with Gasteiger partial charge in [-0.1, -0.05) is 17.7 Å². The molecule has 21 heavy (non-hydrogen) atoms. The van der Waals surface area contributed by atoms with Gasteiger partial charge in [-0.2, -0.15) is 8.75 Å². The summed E-state index contributed by atoms with van der Waals surface area (Å²) in [5.41, 5.74) is 2.47. The summed E-state index contributed by atoms with van der Waals surface area (Å²) in [5, 5.41) is 12.9. The first-order valence-corrected chi connectivity index (χ1v) is 7.33. The van der Waals surface area contributed by atoms with Crippen molar-refractivity contribution in [3.63, 3.8) is 0 Å². The molecule has 0 aliphatic rings. The van der Waals surface area contributed by atoms with E-state index in [1.165, 1.54) is 12.1 Å². The van der Waals surface area contributed by atoms with E-state index in [-0.39, 0.29) is 11.8 Å². The lowest BCUT2D eigenvalue weighted by atomic mass is 10.1. The Kier molecular flexibility index (Phi) is 3.65. The van der Waals surface area contributed by atoms with Gasteiger partial charge in [-0.3, -0.25) is 0 Å². The topological polar surface area (TPSA) is 58.0 Å². The number of fused-ring (bicyclic) bond motifs is 1. The Hall–Kier alpha value is -1.92. The van der Waals surface area contributed by atoms with Gasteiger partial charge in [-0.05, 0) is 25.1 Å². The Balaban J connectivity index is 1.98. The number of aromatic hydroxyl groups is 1. The highest BCUT2D eigenvalue weighted by Crippen LogP contribution is 2.33. The van der Waals surface area contributed by atoms with Crippen LogP contribution in [0, 0.1) is 5.82 Å². The number of nitrogens with zero attached hydrogens (tertiary/aromatic N) is 2. The van der Waals surface area contributed by atoms with Crippen molar-refractivity contribution >= 4 is 40.0 Å². The fourth-order valence-electron chi connectivity index (χ4n) is 2.13. The van der Waals surface area contributed by atoms with E-state index in [1.54, 1.807) is 12.1 Å². The molecule has 0 saturated heterocycles. The number of rotatable bonds is 3. The van der Waals surface area contributed by atoms with Crippen LogP contribution in [0.4, 0.5) is 10.1 Å². The zero-order chi connectivity index (χ0) is 15.0. The summed E-state index contributed by atoms with van der Waals surface area (Å²) in [6.07, 6.45) is 0. The largest absolute Gasteiger partial charge is 0.508 e. The van der Waals surface area contributed by atoms with Gasteiger partial charge < -0.3 is 10.4 Å². The molecular weight excluding hydrogens is 313 g/mol. The van der Waals surface area contributed by atoms with Gasteiger partial charge in [0, 0.05) is 11.6 Å². The van der Waals surface area contributed by atoms with Gasteiger partial charge in [0.25, 0.3) is 0 Å². The van der Waals surface area contributed by atoms with Crippen LogP contribution in [0.3, 0.4) is 0 Å². The molecule has 0 bridgehead atoms. The maximum absolute atomic E-state index is 13.9. The molecule has 0 fully saturated rings. The molecular formula is C14H11ClFN3OS. The van der Waals surface area contributed by atoms with Gasteiger partial charge in [0.1, 0.15) is 22.6 Å². The number of hydrogen-bond donors (Lipinski definition) is 2. The first kappa shape index (κ1) is 14.0. The zero-order valence-electron chi connectivity index (χ0n) is 11.0. The molecule has 108 valence electrons. The van der Waals surface area contributed by atoms with E-state index >= 15 is 0 Å². The maximum atomic E-state index is 13.9. The van der Waals surface area contributed by atoms with Gasteiger partial charge in [0.05, 0.1) is 28.5 Å². The average Bonchev–Trinajstić information content (AvgIpc) is 2.90. The van der Waals surface area contributed by atoms with Gasteiger partial charge in [0.15, 0.2) is 0 Å². The van der Waals surface area contributed by atoms with E-state index in [1.807, 2.05) is 6.92 Å². The standard InChI is InChI=1S/C14H11ClFN3OS/c1-7(9-3-2-8(20)6-11(9)16)17-13-10(15)4-5-12-14(13)19-21-18-12/h2-7,17,20H,1H3. The number of halogens is 2. The molecule has 0 aliphatic carbocycles. The highest BCUT2D eigenvalue weighted by Gasteiger charge is 2.16. The number of aromatic nitrogens is 2. The Labute approximate surface area is 129 Å². The van der Waals surface area contributed by atoms with Crippen molar-refractivity contribution in [3.05, 3.63) is 46.7 Å². The molecule has 3 aromatic rings. The molecule has 2 N–H and O–H groups in total. The van der Waals surface area contributed by atoms with Crippen molar-refractivity contribution in [2.45, 2.75) is 13.0 Å². The van der Waals surface area contributed by atoms with Crippen molar-refractivity contribution < 1.29 is 9.50 Å². The van der Waals surface area contributed by atoms with Crippen LogP contribution in [0.5, 0.6) is 5.75 Å². The Morgan fingerprint density at radius 2 is 2.10 bits per heavy atom. The fourth-order valence-corrected chi connectivity index (χ4v) is 2.88. The highest BCUT2D eigenvalue weighted by atomic mass is 35.5. The Morgan fingerprint density at radius 3 is 2.86 bits per heavy atom. The van der Waals surface area contributed by atoms with Crippen molar-refractivity contribution in [3.8, 4) is 5.75 Å². The number of hydrogen-bond acceptors (Lipinski definition) is 5. The van der Waals surface area contributed by atoms with Gasteiger partial charge in [0.2, 0.25) is 0 Å². The van der Waals surface area contributed by atoms with Crippen molar-refractivity contribution in [1.29, 1.82) is 0 Å². The van der Waals surface area contributed by atoms with Gasteiger partial charge in [-0.25, -0.2) is 4.39 Å². The molecule has 0 saturated carbocycles. The molecule has 2 aromatic carbocycles. The van der Waals surface area contributed by atoms with Crippen LogP contribution in [0.2, 0.25) is 5.02 Å². The summed E-state index contributed by atoms with van der Waals surface area (Å²) in [7, 11) is 0. The summed E-state index contributed by atoms with van der Waals surface area (Å²) >= 11 is 7.30. The molecule has 3 rings (SSSR count). The van der Waals surface area contributed by atoms with E-state index in [4.69, 9.17) is 11.6 Å². The van der Waals surface area contributed by atoms with E-state index in [0.717, 1.165) is 23.3 Å². The third kappa shape index (κ3) is 2.64. The lowest BCUT2D eigenvalue weighted by Gasteiger charge is -2.17. The van der Waals surface area contributed by atoms with Crippen LogP contribution in [-0.2, 0) is 0 Å². The van der Waals surface area contributed by atoms with Crippen LogP contribution in [0.25, 0.3) is 11.0 Å². The molecule has 0 radical (unpaired) electrons. The maximum Gasteiger partial charge on any atom is 0.132 e. The lowest BCUT2D eigenvalue weighted by Crippen LogP contribution is -2.09. The summed E-state index contributed by atoms with van der Waals surface area (Å²) in [5.74, 6) is -0.581. The third-order valence-corrected chi connectivity index (χ3v) is 4.05. The minimum absolute atomic E-state index is 0.104. The molecule has 4 nitrogen and oxygen atoms in total. The van der Waals surface area contributed by atoms with E-state index < -0.39 is 5.82 Å². The highest BCUT2D eigenvalue weighted by molar-refractivity contribution is 7.00. The molecule has 1 atom stereocenters. The second-order valence-corrected chi connectivity index (χ2v) is 5.56. The molecule has 0 spiro atoms. The molecule has 1 heterocycles. The van der Waals surface area contributed by atoms with Gasteiger partial charge in [-0.15, -0.1) is 0 Å². The van der Waals surface area contributed by atoms with E-state index in [0.29, 0.717) is 21.8 Å². The third-order valence-electron chi connectivity index (χ3n) is 3.19. The first-order chi connectivity index (χ1) is 10.1. The van der Waals surface area contributed by atoms with Crippen LogP contribution in [-0.4, -0.2) is 13.9 Å². The van der Waals surface area contributed by atoms with E-state index in [9.17, 15) is 9.50 Å². The second kappa shape index (κ2) is 5.46. The number of phenols is 1. The van der Waals surface area contributed by atoms with E-state index in [2.05, 4.69) is 14.1 Å². The Bertz CT molecular complexity index is 808. The summed E-state index contributed by atoms with van der Waals surface area (Å²) in [6.45, 7) is 1.81. The number of benzene rings is 2. The lowest BCUT2D eigenvalue weighted by molar-refractivity contribution is 0.467. The van der Waals surface area contributed by atoms with Crippen LogP contribution >= 0.6 is 23.3 Å². The van der Waals surface area contributed by atoms with Crippen LogP contribution in [0.15, 0.2) is 30.3 Å². The number of phenolic OH excluding ortho intramolecular Hbond substituents is 1. The number of anilines is 1. The molecule has 7 heteroatoms. The summed E-state index contributed by atoms with van der Waals surface area (Å²) < 4.78 is 22.3. The quantitative estimate of drug-likeness (QED) is 0.751. The van der Waals surface area contributed by atoms with Crippen LogP contribution in [0.1, 0.15) is 18.5 Å². The minimum Gasteiger partial charge on any atom is -0.508 e. The summed E-state index contributed by atoms with van der Waals surface area (Å²) in [4.78, 5) is 0. The normalized spacial score (nSPS) is 12.5. The second-order valence-electron chi connectivity index (χ2n) is 4.63. The number of nitrogens with one attached hydrogen (secondary N) is 1. The molecule has 1 unspecified atom stereocenters. The predicted molar refractivity (Wildman–Crippen MR) is 82.5 cm³/mol. The minimum atomic E-state index is -0.477. The smallest absolute Gasteiger partial charge is 0.132 e. The Morgan fingerprint density at radius 1 is 1.29 bits per heavy atom. The molecule has 0 aliphatic heterocycles. The van der Waals surface area contributed by atoms with Gasteiger partial charge >= 0.3 is 0 Å². The average molecular weight is 324 g/mol. The van der Waals surface area contributed by atoms with Crippen molar-refractivity contribution in [2.24, 2.45) is 0 Å².